The number of nitrogens with zero attached hydrogens (tertiary/aromatic N) is 2. The molecule has 110 valence electrons. The normalized spacial score (nSPS) is 23.7. The zero-order valence-electron chi connectivity index (χ0n) is 12.6. The molecule has 0 aromatic heterocycles. The molecule has 4 nitrogen and oxygen atoms in total. The third kappa shape index (κ3) is 2.68. The van der Waals surface area contributed by atoms with Crippen LogP contribution in [0.1, 0.15) is 11.1 Å². The van der Waals surface area contributed by atoms with Crippen molar-refractivity contribution in [1.82, 2.24) is 10.2 Å². The minimum atomic E-state index is 0.492. The maximum absolute atomic E-state index is 5.37. The molecule has 2 aliphatic rings. The van der Waals surface area contributed by atoms with Gasteiger partial charge in [-0.1, -0.05) is 12.1 Å². The molecule has 0 spiro atoms. The van der Waals surface area contributed by atoms with Crippen LogP contribution in [-0.4, -0.2) is 57.9 Å². The Hall–Kier alpha value is -1.10. The maximum atomic E-state index is 5.37. The van der Waals surface area contributed by atoms with Gasteiger partial charge in [-0.3, -0.25) is 4.90 Å². The fourth-order valence-electron chi connectivity index (χ4n) is 3.35. The molecule has 2 heterocycles. The summed E-state index contributed by atoms with van der Waals surface area (Å²) in [7, 11) is 3.99. The molecule has 20 heavy (non-hydrogen) atoms. The fraction of sp³-hybridized carbons (Fsp3) is 0.625. The van der Waals surface area contributed by atoms with Gasteiger partial charge >= 0.3 is 0 Å². The van der Waals surface area contributed by atoms with Crippen molar-refractivity contribution in [2.75, 3.05) is 51.8 Å². The summed E-state index contributed by atoms with van der Waals surface area (Å²) >= 11 is 0. The van der Waals surface area contributed by atoms with Gasteiger partial charge in [0.25, 0.3) is 0 Å². The Morgan fingerprint density at radius 3 is 3.10 bits per heavy atom. The van der Waals surface area contributed by atoms with Crippen molar-refractivity contribution in [3.05, 3.63) is 29.3 Å². The summed E-state index contributed by atoms with van der Waals surface area (Å²) in [6.45, 7) is 6.20. The van der Waals surface area contributed by atoms with Crippen LogP contribution in [0.5, 0.6) is 0 Å². The minimum absolute atomic E-state index is 0.492. The molecule has 1 atom stereocenters. The SMILES string of the molecule is COC[C@@H]1CN(c2cccc3c2CCNC3)CCN1C. The number of fused-ring (bicyclic) bond motifs is 1. The van der Waals surface area contributed by atoms with E-state index in [4.69, 9.17) is 4.74 Å². The Balaban J connectivity index is 1.82. The third-order valence-electron chi connectivity index (χ3n) is 4.59. The largest absolute Gasteiger partial charge is 0.383 e. The summed E-state index contributed by atoms with van der Waals surface area (Å²) in [5, 5.41) is 3.46. The van der Waals surface area contributed by atoms with Gasteiger partial charge in [-0.15, -0.1) is 0 Å². The van der Waals surface area contributed by atoms with E-state index in [1.807, 2.05) is 0 Å². The van der Waals surface area contributed by atoms with E-state index in [1.54, 1.807) is 12.7 Å². The van der Waals surface area contributed by atoms with Crippen LogP contribution in [0, 0.1) is 0 Å². The molecule has 1 fully saturated rings. The first-order valence-electron chi connectivity index (χ1n) is 7.55. The molecule has 0 aliphatic carbocycles. The van der Waals surface area contributed by atoms with Gasteiger partial charge in [-0.2, -0.15) is 0 Å². The first-order valence-corrected chi connectivity index (χ1v) is 7.55. The second-order valence-corrected chi connectivity index (χ2v) is 5.88. The van der Waals surface area contributed by atoms with Crippen LogP contribution < -0.4 is 10.2 Å². The predicted molar refractivity (Wildman–Crippen MR) is 82.4 cm³/mol. The zero-order valence-corrected chi connectivity index (χ0v) is 12.6. The Morgan fingerprint density at radius 2 is 2.25 bits per heavy atom. The van der Waals surface area contributed by atoms with E-state index in [1.165, 1.54) is 11.3 Å². The number of ether oxygens (including phenoxy) is 1. The molecule has 1 aromatic carbocycles. The van der Waals surface area contributed by atoms with Crippen LogP contribution in [0.15, 0.2) is 18.2 Å². The lowest BCUT2D eigenvalue weighted by Gasteiger charge is -2.41. The van der Waals surface area contributed by atoms with Crippen LogP contribution >= 0.6 is 0 Å². The van der Waals surface area contributed by atoms with Gasteiger partial charge < -0.3 is 15.0 Å². The maximum Gasteiger partial charge on any atom is 0.0635 e. The van der Waals surface area contributed by atoms with E-state index in [2.05, 4.69) is 40.4 Å². The summed E-state index contributed by atoms with van der Waals surface area (Å²) in [5.41, 5.74) is 4.46. The summed E-state index contributed by atoms with van der Waals surface area (Å²) < 4.78 is 5.37. The summed E-state index contributed by atoms with van der Waals surface area (Å²) in [6, 6.07) is 7.24. The summed E-state index contributed by atoms with van der Waals surface area (Å²) in [5.74, 6) is 0. The Bertz CT molecular complexity index is 463. The van der Waals surface area contributed by atoms with E-state index in [0.29, 0.717) is 6.04 Å². The molecule has 0 amide bonds. The van der Waals surface area contributed by atoms with Crippen LogP contribution in [-0.2, 0) is 17.7 Å². The second-order valence-electron chi connectivity index (χ2n) is 5.88. The molecule has 1 saturated heterocycles. The van der Waals surface area contributed by atoms with Crippen LogP contribution in [0.25, 0.3) is 0 Å². The molecule has 1 aromatic rings. The molecular formula is C16H25N3O. The van der Waals surface area contributed by atoms with Gasteiger partial charge in [-0.25, -0.2) is 0 Å². The van der Waals surface area contributed by atoms with Crippen molar-refractivity contribution < 1.29 is 4.74 Å². The lowest BCUT2D eigenvalue weighted by Crippen LogP contribution is -2.53. The number of piperazine rings is 1. The molecule has 0 radical (unpaired) electrons. The Kier molecular flexibility index (Phi) is 4.24. The Morgan fingerprint density at radius 1 is 1.35 bits per heavy atom. The quantitative estimate of drug-likeness (QED) is 0.894. The molecule has 0 unspecified atom stereocenters. The first-order chi connectivity index (χ1) is 9.79. The van der Waals surface area contributed by atoms with Crippen molar-refractivity contribution in [2.24, 2.45) is 0 Å². The first kappa shape index (κ1) is 13.9. The monoisotopic (exact) mass is 275 g/mol. The molecule has 0 bridgehead atoms. The smallest absolute Gasteiger partial charge is 0.0635 e. The van der Waals surface area contributed by atoms with E-state index in [0.717, 1.165) is 45.8 Å². The van der Waals surface area contributed by atoms with Crippen molar-refractivity contribution in [3.8, 4) is 0 Å². The number of rotatable bonds is 3. The van der Waals surface area contributed by atoms with Crippen LogP contribution in [0.4, 0.5) is 5.69 Å². The van der Waals surface area contributed by atoms with Crippen LogP contribution in [0.3, 0.4) is 0 Å². The number of nitrogens with one attached hydrogen (secondary N) is 1. The average Bonchev–Trinajstić information content (AvgIpc) is 2.49. The highest BCUT2D eigenvalue weighted by Gasteiger charge is 2.26. The summed E-state index contributed by atoms with van der Waals surface area (Å²) in [6.07, 6.45) is 1.15. The van der Waals surface area contributed by atoms with Gasteiger partial charge in [0.1, 0.15) is 0 Å². The van der Waals surface area contributed by atoms with Crippen molar-refractivity contribution in [1.29, 1.82) is 0 Å². The second kappa shape index (κ2) is 6.12. The lowest BCUT2D eigenvalue weighted by atomic mass is 9.97. The van der Waals surface area contributed by atoms with Crippen molar-refractivity contribution >= 4 is 5.69 Å². The number of hydrogen-bond donors (Lipinski definition) is 1. The highest BCUT2D eigenvalue weighted by molar-refractivity contribution is 5.58. The predicted octanol–water partition coefficient (Wildman–Crippen LogP) is 1.10. The number of benzene rings is 1. The zero-order chi connectivity index (χ0) is 13.9. The lowest BCUT2D eigenvalue weighted by molar-refractivity contribution is 0.0986. The molecule has 2 aliphatic heterocycles. The summed E-state index contributed by atoms with van der Waals surface area (Å²) in [4.78, 5) is 4.96. The number of hydrogen-bond acceptors (Lipinski definition) is 4. The highest BCUT2D eigenvalue weighted by atomic mass is 16.5. The molecule has 4 heteroatoms. The van der Waals surface area contributed by atoms with E-state index in [9.17, 15) is 0 Å². The van der Waals surface area contributed by atoms with Gasteiger partial charge in [-0.05, 0) is 37.2 Å². The molecule has 3 rings (SSSR count). The molecule has 0 saturated carbocycles. The Labute approximate surface area is 121 Å². The number of methoxy groups -OCH3 is 1. The standard InChI is InChI=1S/C16H25N3O/c1-18-8-9-19(11-14(18)12-20-2)16-5-3-4-13-10-17-7-6-15(13)16/h3-5,14,17H,6-12H2,1-2H3/t14-/m0/s1. The number of likely N-dealkylation sites (N-methyl/N-ethyl adjacent to an activating group) is 1. The van der Waals surface area contributed by atoms with Gasteiger partial charge in [0.15, 0.2) is 0 Å². The van der Waals surface area contributed by atoms with Gasteiger partial charge in [0, 0.05) is 39.0 Å². The number of anilines is 1. The topological polar surface area (TPSA) is 27.7 Å². The van der Waals surface area contributed by atoms with E-state index in [-0.39, 0.29) is 0 Å². The molecule has 1 N–H and O–H groups in total. The highest BCUT2D eigenvalue weighted by Crippen LogP contribution is 2.28. The molecular weight excluding hydrogens is 250 g/mol. The average molecular weight is 275 g/mol. The van der Waals surface area contributed by atoms with Crippen molar-refractivity contribution in [2.45, 2.75) is 19.0 Å². The van der Waals surface area contributed by atoms with E-state index >= 15 is 0 Å². The third-order valence-corrected chi connectivity index (χ3v) is 4.59. The van der Waals surface area contributed by atoms with Crippen molar-refractivity contribution in [3.63, 3.8) is 0 Å². The minimum Gasteiger partial charge on any atom is -0.383 e. The van der Waals surface area contributed by atoms with Gasteiger partial charge in [0.05, 0.1) is 12.6 Å². The van der Waals surface area contributed by atoms with E-state index < -0.39 is 0 Å². The van der Waals surface area contributed by atoms with Gasteiger partial charge in [0.2, 0.25) is 0 Å². The van der Waals surface area contributed by atoms with Crippen LogP contribution in [0.2, 0.25) is 0 Å². The fourth-order valence-corrected chi connectivity index (χ4v) is 3.35.